The van der Waals surface area contributed by atoms with Crippen molar-refractivity contribution in [3.63, 3.8) is 0 Å². The van der Waals surface area contributed by atoms with Crippen LogP contribution in [0.25, 0.3) is 10.8 Å². The molecule has 206 valence electrons. The second-order valence-electron chi connectivity index (χ2n) is 10.1. The number of amides is 1. The quantitative estimate of drug-likeness (QED) is 0.147. The topological polar surface area (TPSA) is 70.6 Å². The molecule has 38 heavy (non-hydrogen) atoms. The Morgan fingerprint density at radius 2 is 1.34 bits per heavy atom. The van der Waals surface area contributed by atoms with Gasteiger partial charge in [0, 0.05) is 23.0 Å². The molecule has 1 amide bonds. The van der Waals surface area contributed by atoms with E-state index in [2.05, 4.69) is 17.6 Å². The SMILES string of the molecule is CCCCCCCCCCCCCCNc1cccc2c(O)c(C(=O)Nc3ccccc3OCC)ccc12. The molecule has 0 saturated carbocycles. The van der Waals surface area contributed by atoms with Gasteiger partial charge < -0.3 is 20.5 Å². The number of benzene rings is 3. The summed E-state index contributed by atoms with van der Waals surface area (Å²) in [5.41, 5.74) is 1.80. The zero-order valence-electron chi connectivity index (χ0n) is 23.4. The summed E-state index contributed by atoms with van der Waals surface area (Å²) >= 11 is 0. The van der Waals surface area contributed by atoms with Gasteiger partial charge in [0.2, 0.25) is 0 Å². The van der Waals surface area contributed by atoms with Crippen molar-refractivity contribution in [3.05, 3.63) is 60.2 Å². The van der Waals surface area contributed by atoms with Gasteiger partial charge in [-0.25, -0.2) is 0 Å². The normalized spacial score (nSPS) is 11.0. The first-order valence-corrected chi connectivity index (χ1v) is 14.7. The fraction of sp³-hybridized carbons (Fsp3) is 0.485. The molecular formula is C33H46N2O3. The molecule has 0 atom stereocenters. The summed E-state index contributed by atoms with van der Waals surface area (Å²) in [6.07, 6.45) is 16.0. The van der Waals surface area contributed by atoms with Gasteiger partial charge >= 0.3 is 0 Å². The minimum absolute atomic E-state index is 0.0112. The molecule has 0 spiro atoms. The van der Waals surface area contributed by atoms with Gasteiger partial charge in [-0.2, -0.15) is 0 Å². The summed E-state index contributed by atoms with van der Waals surface area (Å²) in [7, 11) is 0. The smallest absolute Gasteiger partial charge is 0.259 e. The number of fused-ring (bicyclic) bond motifs is 1. The third kappa shape index (κ3) is 8.97. The molecule has 5 heteroatoms. The number of phenols is 1. The number of carbonyl (C=O) groups is 1. The van der Waals surface area contributed by atoms with Crippen LogP contribution >= 0.6 is 0 Å². The Labute approximate surface area is 229 Å². The summed E-state index contributed by atoms with van der Waals surface area (Å²) in [4.78, 5) is 13.0. The van der Waals surface area contributed by atoms with Gasteiger partial charge in [-0.1, -0.05) is 108 Å². The molecule has 3 aromatic rings. The van der Waals surface area contributed by atoms with Crippen LogP contribution in [0.2, 0.25) is 0 Å². The van der Waals surface area contributed by atoms with Gasteiger partial charge in [-0.15, -0.1) is 0 Å². The maximum atomic E-state index is 13.0. The van der Waals surface area contributed by atoms with Crippen LogP contribution in [0.1, 0.15) is 101 Å². The number of carbonyl (C=O) groups excluding carboxylic acids is 1. The molecule has 0 aliphatic heterocycles. The van der Waals surface area contributed by atoms with Crippen LogP contribution in [0, 0.1) is 0 Å². The van der Waals surface area contributed by atoms with Crippen LogP contribution in [0.4, 0.5) is 11.4 Å². The highest BCUT2D eigenvalue weighted by atomic mass is 16.5. The lowest BCUT2D eigenvalue weighted by Crippen LogP contribution is -2.13. The fourth-order valence-electron chi connectivity index (χ4n) is 4.91. The van der Waals surface area contributed by atoms with E-state index in [-0.39, 0.29) is 17.2 Å². The van der Waals surface area contributed by atoms with E-state index in [1.807, 2.05) is 49.4 Å². The van der Waals surface area contributed by atoms with E-state index in [4.69, 9.17) is 4.74 Å². The van der Waals surface area contributed by atoms with Crippen LogP contribution in [-0.2, 0) is 0 Å². The number of phenolic OH excluding ortho intramolecular Hbond substituents is 1. The lowest BCUT2D eigenvalue weighted by atomic mass is 10.0. The van der Waals surface area contributed by atoms with Crippen molar-refractivity contribution < 1.29 is 14.6 Å². The number of anilines is 2. The minimum atomic E-state index is -0.369. The highest BCUT2D eigenvalue weighted by Crippen LogP contribution is 2.34. The maximum Gasteiger partial charge on any atom is 0.259 e. The lowest BCUT2D eigenvalue weighted by molar-refractivity contribution is 0.102. The zero-order chi connectivity index (χ0) is 27.0. The largest absolute Gasteiger partial charge is 0.506 e. The number of para-hydroxylation sites is 2. The van der Waals surface area contributed by atoms with Crippen molar-refractivity contribution in [1.29, 1.82) is 0 Å². The van der Waals surface area contributed by atoms with E-state index < -0.39 is 0 Å². The Kier molecular flexibility index (Phi) is 12.8. The van der Waals surface area contributed by atoms with Crippen molar-refractivity contribution >= 4 is 28.1 Å². The van der Waals surface area contributed by atoms with E-state index in [9.17, 15) is 9.90 Å². The average Bonchev–Trinajstić information content (AvgIpc) is 2.93. The number of ether oxygens (including phenoxy) is 1. The first-order chi connectivity index (χ1) is 18.7. The summed E-state index contributed by atoms with van der Waals surface area (Å²) in [6.45, 7) is 5.57. The van der Waals surface area contributed by atoms with E-state index in [1.54, 1.807) is 12.1 Å². The molecule has 0 aliphatic rings. The van der Waals surface area contributed by atoms with Gasteiger partial charge in [-0.3, -0.25) is 4.79 Å². The molecular weight excluding hydrogens is 472 g/mol. The van der Waals surface area contributed by atoms with Gasteiger partial charge in [0.05, 0.1) is 17.9 Å². The van der Waals surface area contributed by atoms with Gasteiger partial charge in [0.15, 0.2) is 0 Å². The summed E-state index contributed by atoms with van der Waals surface area (Å²) in [5, 5.41) is 18.9. The maximum absolute atomic E-state index is 13.0. The van der Waals surface area contributed by atoms with Crippen molar-refractivity contribution in [3.8, 4) is 11.5 Å². The standard InChI is InChI=1S/C33H46N2O3/c1-3-5-6-7-8-9-10-11-12-13-14-17-25-34-29-21-18-19-27-26(29)23-24-28(32(27)36)33(37)35-30-20-15-16-22-31(30)38-4-2/h15-16,18-24,34,36H,3-14,17,25H2,1-2H3,(H,35,37). The molecule has 0 saturated heterocycles. The highest BCUT2D eigenvalue weighted by Gasteiger charge is 2.17. The van der Waals surface area contributed by atoms with Gasteiger partial charge in [-0.05, 0) is 37.6 Å². The van der Waals surface area contributed by atoms with Crippen molar-refractivity contribution in [1.82, 2.24) is 0 Å². The molecule has 0 unspecified atom stereocenters. The molecule has 3 N–H and O–H groups in total. The van der Waals surface area contributed by atoms with E-state index in [1.165, 1.54) is 70.6 Å². The summed E-state index contributed by atoms with van der Waals surface area (Å²) in [5.74, 6) is 0.224. The van der Waals surface area contributed by atoms with Crippen LogP contribution in [0.5, 0.6) is 11.5 Å². The van der Waals surface area contributed by atoms with Crippen LogP contribution in [0.15, 0.2) is 54.6 Å². The summed E-state index contributed by atoms with van der Waals surface area (Å²) < 4.78 is 5.60. The third-order valence-electron chi connectivity index (χ3n) is 7.06. The average molecular weight is 519 g/mol. The molecule has 0 radical (unpaired) electrons. The van der Waals surface area contributed by atoms with Crippen LogP contribution < -0.4 is 15.4 Å². The predicted molar refractivity (Wildman–Crippen MR) is 161 cm³/mol. The Morgan fingerprint density at radius 3 is 2.03 bits per heavy atom. The van der Waals surface area contributed by atoms with E-state index in [0.717, 1.165) is 24.0 Å². The van der Waals surface area contributed by atoms with E-state index in [0.29, 0.717) is 23.4 Å². The second kappa shape index (κ2) is 16.6. The summed E-state index contributed by atoms with van der Waals surface area (Å²) in [6, 6.07) is 16.7. The Bertz CT molecular complexity index is 1130. The molecule has 0 fully saturated rings. The van der Waals surface area contributed by atoms with Crippen molar-refractivity contribution in [2.75, 3.05) is 23.8 Å². The van der Waals surface area contributed by atoms with Crippen molar-refractivity contribution in [2.24, 2.45) is 0 Å². The second-order valence-corrected chi connectivity index (χ2v) is 10.1. The number of aromatic hydroxyl groups is 1. The van der Waals surface area contributed by atoms with Crippen LogP contribution in [0.3, 0.4) is 0 Å². The zero-order valence-corrected chi connectivity index (χ0v) is 23.4. The molecule has 3 aromatic carbocycles. The minimum Gasteiger partial charge on any atom is -0.506 e. The fourth-order valence-corrected chi connectivity index (χ4v) is 4.91. The molecule has 3 rings (SSSR count). The van der Waals surface area contributed by atoms with E-state index >= 15 is 0 Å². The predicted octanol–water partition coefficient (Wildman–Crippen LogP) is 9.31. The van der Waals surface area contributed by atoms with Crippen molar-refractivity contribution in [2.45, 2.75) is 90.9 Å². The number of hydrogen-bond donors (Lipinski definition) is 3. The first kappa shape index (κ1) is 29.3. The molecule has 0 aliphatic carbocycles. The number of rotatable bonds is 18. The highest BCUT2D eigenvalue weighted by molar-refractivity contribution is 6.11. The number of nitrogens with one attached hydrogen (secondary N) is 2. The Balaban J connectivity index is 1.46. The number of unbranched alkanes of at least 4 members (excludes halogenated alkanes) is 11. The molecule has 0 aromatic heterocycles. The monoisotopic (exact) mass is 518 g/mol. The number of hydrogen-bond acceptors (Lipinski definition) is 4. The molecule has 0 bridgehead atoms. The molecule has 5 nitrogen and oxygen atoms in total. The molecule has 0 heterocycles. The van der Waals surface area contributed by atoms with Gasteiger partial charge in [0.1, 0.15) is 11.5 Å². The third-order valence-corrected chi connectivity index (χ3v) is 7.06. The Hall–Kier alpha value is -3.21. The Morgan fingerprint density at radius 1 is 0.711 bits per heavy atom. The lowest BCUT2D eigenvalue weighted by Gasteiger charge is -2.14. The first-order valence-electron chi connectivity index (χ1n) is 14.7. The van der Waals surface area contributed by atoms with Gasteiger partial charge in [0.25, 0.3) is 5.91 Å². The van der Waals surface area contributed by atoms with Crippen LogP contribution in [-0.4, -0.2) is 24.2 Å².